The molecule has 0 aliphatic rings. The fourth-order valence-electron chi connectivity index (χ4n) is 1.19. The molecule has 0 atom stereocenters. The second-order valence-electron chi connectivity index (χ2n) is 3.25. The molecular weight excluding hydrogens is 236 g/mol. The van der Waals surface area contributed by atoms with Gasteiger partial charge in [-0.1, -0.05) is 13.3 Å². The molecule has 1 aromatic heterocycles. The molecule has 1 heterocycles. The lowest BCUT2D eigenvalue weighted by Gasteiger charge is -2.06. The third kappa shape index (κ3) is 3.23. The van der Waals surface area contributed by atoms with Crippen molar-refractivity contribution in [3.8, 4) is 5.88 Å². The first-order valence-electron chi connectivity index (χ1n) is 4.58. The van der Waals surface area contributed by atoms with Crippen LogP contribution >= 0.6 is 0 Å². The van der Waals surface area contributed by atoms with Crippen LogP contribution in [-0.4, -0.2) is 24.6 Å². The van der Waals surface area contributed by atoms with Gasteiger partial charge in [0.05, 0.1) is 11.8 Å². The third-order valence-corrected chi connectivity index (χ3v) is 2.21. The lowest BCUT2D eigenvalue weighted by atomic mass is 10.2. The molecule has 0 saturated carbocycles. The number of hydrogen-bond donors (Lipinski definition) is 2. The summed E-state index contributed by atoms with van der Waals surface area (Å²) in [6.07, 6.45) is 1.77. The summed E-state index contributed by atoms with van der Waals surface area (Å²) >= 11 is 0. The van der Waals surface area contributed by atoms with Gasteiger partial charge in [0.1, 0.15) is 0 Å². The van der Waals surface area contributed by atoms with Crippen molar-refractivity contribution < 1.29 is 12.6 Å². The van der Waals surface area contributed by atoms with E-state index in [4.69, 9.17) is 0 Å². The fraction of sp³-hybridized carbons (Fsp3) is 0.500. The van der Waals surface area contributed by atoms with Gasteiger partial charge in [-0.25, -0.2) is 4.79 Å². The normalized spacial score (nSPS) is 11.4. The zero-order valence-corrected chi connectivity index (χ0v) is 9.68. The molecule has 0 aromatic carbocycles. The van der Waals surface area contributed by atoms with Gasteiger partial charge in [0.2, 0.25) is 5.88 Å². The minimum absolute atomic E-state index is 0.118. The number of aromatic nitrogens is 2. The van der Waals surface area contributed by atoms with E-state index >= 15 is 0 Å². The third-order valence-electron chi connectivity index (χ3n) is 1.74. The van der Waals surface area contributed by atoms with E-state index in [1.807, 2.05) is 11.9 Å². The van der Waals surface area contributed by atoms with Crippen molar-refractivity contribution in [2.75, 3.05) is 6.26 Å². The molecule has 1 rings (SSSR count). The maximum absolute atomic E-state index is 11.4. The van der Waals surface area contributed by atoms with Crippen LogP contribution in [0.1, 0.15) is 18.9 Å². The zero-order chi connectivity index (χ0) is 12.3. The summed E-state index contributed by atoms with van der Waals surface area (Å²) in [6, 6.07) is 0. The van der Waals surface area contributed by atoms with Crippen molar-refractivity contribution in [1.82, 2.24) is 9.97 Å². The maximum Gasteiger partial charge on any atom is 0.328 e. The van der Waals surface area contributed by atoms with Crippen LogP contribution in [0.25, 0.3) is 0 Å². The molecule has 2 N–H and O–H groups in total. The van der Waals surface area contributed by atoms with Gasteiger partial charge in [-0.2, -0.15) is 8.42 Å². The van der Waals surface area contributed by atoms with Gasteiger partial charge in [0, 0.05) is 0 Å². The standard InChI is InChI=1S/C8H12N2O5S/c1-3-4-5-6(11)9-8(12)10-7(5)15-16(2,13)14/h3-4H2,1-2H3,(H2,9,10,11,12). The summed E-state index contributed by atoms with van der Waals surface area (Å²) in [4.78, 5) is 26.5. The highest BCUT2D eigenvalue weighted by molar-refractivity contribution is 7.86. The SMILES string of the molecule is CCCc1c(OS(C)(=O)=O)[nH]c(=O)[nH]c1=O. The Morgan fingerprint density at radius 1 is 1.25 bits per heavy atom. The molecule has 0 aliphatic heterocycles. The van der Waals surface area contributed by atoms with Crippen molar-refractivity contribution in [3.63, 3.8) is 0 Å². The zero-order valence-electron chi connectivity index (χ0n) is 8.86. The topological polar surface area (TPSA) is 109 Å². The Hall–Kier alpha value is -1.57. The van der Waals surface area contributed by atoms with Gasteiger partial charge in [-0.05, 0) is 6.42 Å². The number of aromatic amines is 2. The molecule has 0 bridgehead atoms. The summed E-state index contributed by atoms with van der Waals surface area (Å²) in [6.45, 7) is 1.81. The lowest BCUT2D eigenvalue weighted by molar-refractivity contribution is 0.475. The molecule has 8 heteroatoms. The predicted molar refractivity (Wildman–Crippen MR) is 57.2 cm³/mol. The van der Waals surface area contributed by atoms with Crippen molar-refractivity contribution in [2.24, 2.45) is 0 Å². The minimum atomic E-state index is -3.77. The Morgan fingerprint density at radius 2 is 1.88 bits per heavy atom. The molecule has 0 unspecified atom stereocenters. The maximum atomic E-state index is 11.4. The second-order valence-corrected chi connectivity index (χ2v) is 4.83. The smallest absolute Gasteiger partial charge is 0.328 e. The van der Waals surface area contributed by atoms with Crippen molar-refractivity contribution in [2.45, 2.75) is 19.8 Å². The Kier molecular flexibility index (Phi) is 3.53. The molecule has 16 heavy (non-hydrogen) atoms. The van der Waals surface area contributed by atoms with Crippen LogP contribution in [0.5, 0.6) is 5.88 Å². The highest BCUT2D eigenvalue weighted by Gasteiger charge is 2.14. The monoisotopic (exact) mass is 248 g/mol. The molecule has 1 aromatic rings. The number of nitrogens with one attached hydrogen (secondary N) is 2. The molecule has 7 nitrogen and oxygen atoms in total. The summed E-state index contributed by atoms with van der Waals surface area (Å²) in [5, 5.41) is 0. The van der Waals surface area contributed by atoms with Gasteiger partial charge in [0.25, 0.3) is 5.56 Å². The van der Waals surface area contributed by atoms with E-state index < -0.39 is 21.4 Å². The van der Waals surface area contributed by atoms with Crippen molar-refractivity contribution in [1.29, 1.82) is 0 Å². The molecule has 90 valence electrons. The Labute approximate surface area is 91.6 Å². The average molecular weight is 248 g/mol. The van der Waals surface area contributed by atoms with E-state index in [1.54, 1.807) is 0 Å². The minimum Gasteiger partial charge on any atom is -0.363 e. The van der Waals surface area contributed by atoms with Crippen molar-refractivity contribution >= 4 is 10.1 Å². The molecule has 0 amide bonds. The van der Waals surface area contributed by atoms with Crippen LogP contribution in [0.3, 0.4) is 0 Å². The van der Waals surface area contributed by atoms with Gasteiger partial charge in [-0.3, -0.25) is 14.8 Å². The average Bonchev–Trinajstić information content (AvgIpc) is 2.08. The van der Waals surface area contributed by atoms with Crippen LogP contribution in [0.15, 0.2) is 9.59 Å². The molecule has 0 spiro atoms. The first-order chi connectivity index (χ1) is 7.33. The van der Waals surface area contributed by atoms with Crippen LogP contribution in [0, 0.1) is 0 Å². The molecule has 0 radical (unpaired) electrons. The van der Waals surface area contributed by atoms with E-state index in [2.05, 4.69) is 9.17 Å². The van der Waals surface area contributed by atoms with Gasteiger partial charge in [-0.15, -0.1) is 0 Å². The Balaban J connectivity index is 3.35. The summed E-state index contributed by atoms with van der Waals surface area (Å²) in [5.41, 5.74) is -1.32. The number of hydrogen-bond acceptors (Lipinski definition) is 5. The van der Waals surface area contributed by atoms with Gasteiger partial charge in [0.15, 0.2) is 0 Å². The lowest BCUT2D eigenvalue weighted by Crippen LogP contribution is -2.27. The number of H-pyrrole nitrogens is 2. The van der Waals surface area contributed by atoms with E-state index in [1.165, 1.54) is 0 Å². The molecule has 0 saturated heterocycles. The molecule has 0 aliphatic carbocycles. The van der Waals surface area contributed by atoms with E-state index in [9.17, 15) is 18.0 Å². The first kappa shape index (κ1) is 12.5. The van der Waals surface area contributed by atoms with E-state index in [0.717, 1.165) is 6.26 Å². The summed E-state index contributed by atoms with van der Waals surface area (Å²) in [5.74, 6) is -0.307. The van der Waals surface area contributed by atoms with Crippen LogP contribution in [0.4, 0.5) is 0 Å². The van der Waals surface area contributed by atoms with Crippen LogP contribution < -0.4 is 15.4 Å². The van der Waals surface area contributed by atoms with E-state index in [0.29, 0.717) is 12.8 Å². The van der Waals surface area contributed by atoms with Crippen LogP contribution in [0.2, 0.25) is 0 Å². The summed E-state index contributed by atoms with van der Waals surface area (Å²) in [7, 11) is -3.77. The van der Waals surface area contributed by atoms with Gasteiger partial charge >= 0.3 is 15.8 Å². The quantitative estimate of drug-likeness (QED) is 0.688. The van der Waals surface area contributed by atoms with Crippen LogP contribution in [-0.2, 0) is 16.5 Å². The predicted octanol–water partition coefficient (Wildman–Crippen LogP) is -0.646. The summed E-state index contributed by atoms with van der Waals surface area (Å²) < 4.78 is 26.4. The highest BCUT2D eigenvalue weighted by atomic mass is 32.2. The Bertz CT molecular complexity index is 583. The largest absolute Gasteiger partial charge is 0.363 e. The Morgan fingerprint density at radius 3 is 2.38 bits per heavy atom. The molecular formula is C8H12N2O5S. The van der Waals surface area contributed by atoms with Crippen molar-refractivity contribution in [3.05, 3.63) is 26.4 Å². The van der Waals surface area contributed by atoms with Gasteiger partial charge < -0.3 is 4.18 Å². The van der Waals surface area contributed by atoms with E-state index in [-0.39, 0.29) is 11.4 Å². The molecule has 0 fully saturated rings. The first-order valence-corrected chi connectivity index (χ1v) is 6.40. The second kappa shape index (κ2) is 4.52. The number of rotatable bonds is 4. The highest BCUT2D eigenvalue weighted by Crippen LogP contribution is 2.12. The fourth-order valence-corrected chi connectivity index (χ4v) is 1.64.